The molecule has 0 aliphatic carbocycles. The molecule has 1 atom stereocenters. The van der Waals surface area contributed by atoms with Crippen molar-refractivity contribution < 1.29 is 9.21 Å². The van der Waals surface area contributed by atoms with Gasteiger partial charge in [-0.25, -0.2) is 0 Å². The van der Waals surface area contributed by atoms with Crippen LogP contribution in [-0.4, -0.2) is 25.9 Å². The van der Waals surface area contributed by atoms with Gasteiger partial charge in [-0.2, -0.15) is 0 Å². The van der Waals surface area contributed by atoms with Gasteiger partial charge in [-0.3, -0.25) is 9.36 Å². The molecule has 0 fully saturated rings. The van der Waals surface area contributed by atoms with E-state index in [-0.39, 0.29) is 11.2 Å². The van der Waals surface area contributed by atoms with Crippen LogP contribution in [0.3, 0.4) is 0 Å². The maximum Gasteiger partial charge on any atom is 0.237 e. The SMILES string of the molecule is CC(Sc1nnc(-c2ccco2)n1Cc1ccccc1)C(=O)Nc1ccccc1. The number of carbonyl (C=O) groups excluding carboxylic acids is 1. The third-order valence-electron chi connectivity index (χ3n) is 4.33. The van der Waals surface area contributed by atoms with Gasteiger partial charge in [-0.1, -0.05) is 60.3 Å². The molecule has 29 heavy (non-hydrogen) atoms. The molecular formula is C22H20N4O2S. The zero-order chi connectivity index (χ0) is 20.1. The summed E-state index contributed by atoms with van der Waals surface area (Å²) < 4.78 is 7.51. The molecule has 0 bridgehead atoms. The van der Waals surface area contributed by atoms with Gasteiger partial charge < -0.3 is 9.73 Å². The van der Waals surface area contributed by atoms with Crippen LogP contribution in [0.25, 0.3) is 11.6 Å². The van der Waals surface area contributed by atoms with Gasteiger partial charge in [0.1, 0.15) is 0 Å². The van der Waals surface area contributed by atoms with Crippen LogP contribution in [0.15, 0.2) is 88.6 Å². The number of nitrogens with zero attached hydrogens (tertiary/aromatic N) is 3. The van der Waals surface area contributed by atoms with E-state index in [2.05, 4.69) is 15.5 Å². The summed E-state index contributed by atoms with van der Waals surface area (Å²) in [7, 11) is 0. The van der Waals surface area contributed by atoms with Crippen molar-refractivity contribution in [3.8, 4) is 11.6 Å². The van der Waals surface area contributed by atoms with E-state index in [0.717, 1.165) is 11.3 Å². The molecule has 0 saturated heterocycles. The van der Waals surface area contributed by atoms with E-state index in [9.17, 15) is 4.79 Å². The van der Waals surface area contributed by atoms with Crippen LogP contribution in [0.1, 0.15) is 12.5 Å². The molecule has 146 valence electrons. The Morgan fingerprint density at radius 3 is 2.45 bits per heavy atom. The van der Waals surface area contributed by atoms with Crippen molar-refractivity contribution in [3.05, 3.63) is 84.6 Å². The topological polar surface area (TPSA) is 73.0 Å². The molecule has 2 aromatic heterocycles. The number of hydrogen-bond donors (Lipinski definition) is 1. The standard InChI is InChI=1S/C22H20N4O2S/c1-16(21(27)23-18-11-6-3-7-12-18)29-22-25-24-20(19-13-8-14-28-19)26(22)15-17-9-4-2-5-10-17/h2-14,16H,15H2,1H3,(H,23,27). The first kappa shape index (κ1) is 19.0. The minimum absolute atomic E-state index is 0.0880. The first-order valence-electron chi connectivity index (χ1n) is 9.24. The number of aromatic nitrogens is 3. The molecule has 0 aliphatic rings. The van der Waals surface area contributed by atoms with Crippen LogP contribution in [0, 0.1) is 0 Å². The van der Waals surface area contributed by atoms with Crippen LogP contribution < -0.4 is 5.32 Å². The van der Waals surface area contributed by atoms with E-state index < -0.39 is 0 Å². The van der Waals surface area contributed by atoms with Crippen molar-refractivity contribution in [2.45, 2.75) is 23.9 Å². The average Bonchev–Trinajstić information content (AvgIpc) is 3.40. The number of nitrogens with one attached hydrogen (secondary N) is 1. The second-order valence-electron chi connectivity index (χ2n) is 6.47. The highest BCUT2D eigenvalue weighted by atomic mass is 32.2. The van der Waals surface area contributed by atoms with E-state index in [1.807, 2.05) is 84.3 Å². The van der Waals surface area contributed by atoms with Crippen molar-refractivity contribution in [1.29, 1.82) is 0 Å². The molecule has 0 radical (unpaired) electrons. The molecule has 1 unspecified atom stereocenters. The summed E-state index contributed by atoms with van der Waals surface area (Å²) in [6, 6.07) is 23.2. The van der Waals surface area contributed by atoms with Crippen LogP contribution in [0.2, 0.25) is 0 Å². The molecule has 2 aromatic carbocycles. The average molecular weight is 404 g/mol. The molecule has 1 amide bonds. The number of para-hydroxylation sites is 1. The van der Waals surface area contributed by atoms with Crippen molar-refractivity contribution in [1.82, 2.24) is 14.8 Å². The van der Waals surface area contributed by atoms with Gasteiger partial charge in [0.2, 0.25) is 11.7 Å². The van der Waals surface area contributed by atoms with E-state index in [1.165, 1.54) is 11.8 Å². The normalized spacial score (nSPS) is 11.9. The molecule has 4 rings (SSSR count). The molecule has 4 aromatic rings. The number of anilines is 1. The Bertz CT molecular complexity index is 1060. The molecule has 7 heteroatoms. The summed E-state index contributed by atoms with van der Waals surface area (Å²) >= 11 is 1.37. The Morgan fingerprint density at radius 1 is 1.03 bits per heavy atom. The van der Waals surface area contributed by atoms with E-state index >= 15 is 0 Å². The number of hydrogen-bond acceptors (Lipinski definition) is 5. The molecular weight excluding hydrogens is 384 g/mol. The quantitative estimate of drug-likeness (QED) is 0.452. The largest absolute Gasteiger partial charge is 0.461 e. The predicted molar refractivity (Wildman–Crippen MR) is 114 cm³/mol. The van der Waals surface area contributed by atoms with Crippen LogP contribution in [0.5, 0.6) is 0 Å². The fourth-order valence-electron chi connectivity index (χ4n) is 2.85. The lowest BCUT2D eigenvalue weighted by Crippen LogP contribution is -2.23. The van der Waals surface area contributed by atoms with Crippen LogP contribution in [-0.2, 0) is 11.3 Å². The number of furan rings is 1. The monoisotopic (exact) mass is 404 g/mol. The third-order valence-corrected chi connectivity index (χ3v) is 5.42. The summed E-state index contributed by atoms with van der Waals surface area (Å²) in [5.74, 6) is 1.19. The van der Waals surface area contributed by atoms with Crippen LogP contribution in [0.4, 0.5) is 5.69 Å². The number of carbonyl (C=O) groups is 1. The van der Waals surface area contributed by atoms with Crippen molar-refractivity contribution >= 4 is 23.4 Å². The molecule has 0 spiro atoms. The van der Waals surface area contributed by atoms with Gasteiger partial charge in [0.25, 0.3) is 0 Å². The van der Waals surface area contributed by atoms with E-state index in [4.69, 9.17) is 4.42 Å². The zero-order valence-electron chi connectivity index (χ0n) is 15.9. The van der Waals surface area contributed by atoms with E-state index in [0.29, 0.717) is 23.3 Å². The summed E-state index contributed by atoms with van der Waals surface area (Å²) in [4.78, 5) is 12.6. The highest BCUT2D eigenvalue weighted by Crippen LogP contribution is 2.28. The number of thioether (sulfide) groups is 1. The highest BCUT2D eigenvalue weighted by molar-refractivity contribution is 8.00. The maximum absolute atomic E-state index is 12.6. The van der Waals surface area contributed by atoms with Crippen molar-refractivity contribution in [2.24, 2.45) is 0 Å². The molecule has 0 saturated carbocycles. The molecule has 6 nitrogen and oxygen atoms in total. The van der Waals surface area contributed by atoms with Crippen molar-refractivity contribution in [3.63, 3.8) is 0 Å². The summed E-state index contributed by atoms with van der Waals surface area (Å²) in [6.45, 7) is 2.44. The first-order chi connectivity index (χ1) is 14.2. The number of amides is 1. The lowest BCUT2D eigenvalue weighted by molar-refractivity contribution is -0.115. The third kappa shape index (κ3) is 4.57. The molecule has 0 aliphatic heterocycles. The second-order valence-corrected chi connectivity index (χ2v) is 7.78. The highest BCUT2D eigenvalue weighted by Gasteiger charge is 2.22. The second kappa shape index (κ2) is 8.79. The predicted octanol–water partition coefficient (Wildman–Crippen LogP) is 4.71. The Hall–Kier alpha value is -3.32. The summed E-state index contributed by atoms with van der Waals surface area (Å²) in [6.07, 6.45) is 1.61. The smallest absolute Gasteiger partial charge is 0.237 e. The Kier molecular flexibility index (Phi) is 5.76. The summed E-state index contributed by atoms with van der Waals surface area (Å²) in [5.41, 5.74) is 1.88. The fraction of sp³-hybridized carbons (Fsp3) is 0.136. The molecule has 1 N–H and O–H groups in total. The Balaban J connectivity index is 1.57. The lowest BCUT2D eigenvalue weighted by atomic mass is 10.2. The van der Waals surface area contributed by atoms with Gasteiger partial charge in [-0.05, 0) is 36.8 Å². The van der Waals surface area contributed by atoms with Crippen molar-refractivity contribution in [2.75, 3.05) is 5.32 Å². The number of rotatable bonds is 7. The first-order valence-corrected chi connectivity index (χ1v) is 10.1. The lowest BCUT2D eigenvalue weighted by Gasteiger charge is -2.13. The van der Waals surface area contributed by atoms with Gasteiger partial charge in [0.05, 0.1) is 18.1 Å². The number of benzene rings is 2. The van der Waals surface area contributed by atoms with Gasteiger partial charge in [0, 0.05) is 5.69 Å². The maximum atomic E-state index is 12.6. The fourth-order valence-corrected chi connectivity index (χ4v) is 3.70. The molecule has 2 heterocycles. The Labute approximate surface area is 173 Å². The Morgan fingerprint density at radius 2 is 1.76 bits per heavy atom. The summed E-state index contributed by atoms with van der Waals surface area (Å²) in [5, 5.41) is 11.9. The minimum Gasteiger partial charge on any atom is -0.461 e. The van der Waals surface area contributed by atoms with Gasteiger partial charge in [0.15, 0.2) is 10.9 Å². The van der Waals surface area contributed by atoms with Crippen LogP contribution >= 0.6 is 11.8 Å². The van der Waals surface area contributed by atoms with Gasteiger partial charge >= 0.3 is 0 Å². The van der Waals surface area contributed by atoms with Gasteiger partial charge in [-0.15, -0.1) is 10.2 Å². The minimum atomic E-state index is -0.349. The zero-order valence-corrected chi connectivity index (χ0v) is 16.7. The van der Waals surface area contributed by atoms with E-state index in [1.54, 1.807) is 6.26 Å².